The lowest BCUT2D eigenvalue weighted by atomic mass is 10.1. The summed E-state index contributed by atoms with van der Waals surface area (Å²) in [6, 6.07) is -1.67. The number of amides is 2. The van der Waals surface area contributed by atoms with Crippen LogP contribution < -0.4 is 39.7 Å². The van der Waals surface area contributed by atoms with E-state index in [0.29, 0.717) is 32.4 Å². The van der Waals surface area contributed by atoms with Crippen molar-refractivity contribution in [1.29, 1.82) is 0 Å². The molecule has 0 aliphatic carbocycles. The first-order valence-electron chi connectivity index (χ1n) is 7.65. The third kappa shape index (κ3) is 10.8. The zero-order valence-electron chi connectivity index (χ0n) is 14.0. The summed E-state index contributed by atoms with van der Waals surface area (Å²) in [6.45, 7) is 0.659. The predicted molar refractivity (Wildman–Crippen MR) is 88.9 cm³/mol. The van der Waals surface area contributed by atoms with E-state index in [1.165, 1.54) is 0 Å². The fraction of sp³-hybridized carbons (Fsp3) is 0.667. The highest BCUT2D eigenvalue weighted by Crippen LogP contribution is 2.01. The van der Waals surface area contributed by atoms with Crippen LogP contribution in [-0.2, 0) is 9.59 Å². The average Bonchev–Trinajstić information content (AvgIpc) is 2.49. The van der Waals surface area contributed by atoms with Gasteiger partial charge in [-0.3, -0.25) is 19.6 Å². The van der Waals surface area contributed by atoms with Crippen molar-refractivity contribution in [3.8, 4) is 0 Å². The molecular formula is C12H27N9O2. The molecule has 0 aromatic carbocycles. The highest BCUT2D eigenvalue weighted by Gasteiger charge is 2.21. The van der Waals surface area contributed by atoms with Crippen LogP contribution in [0, 0.1) is 0 Å². The predicted octanol–water partition coefficient (Wildman–Crippen LogP) is -3.61. The van der Waals surface area contributed by atoms with E-state index in [1.54, 1.807) is 0 Å². The van der Waals surface area contributed by atoms with Gasteiger partial charge in [0.25, 0.3) is 0 Å². The fourth-order valence-electron chi connectivity index (χ4n) is 1.70. The van der Waals surface area contributed by atoms with Gasteiger partial charge in [0.2, 0.25) is 11.8 Å². The number of nitrogens with two attached hydrogens (primary N) is 6. The second-order valence-electron chi connectivity index (χ2n) is 4.91. The second kappa shape index (κ2) is 11.1. The van der Waals surface area contributed by atoms with Gasteiger partial charge in [-0.05, 0) is 25.7 Å². The van der Waals surface area contributed by atoms with Crippen molar-refractivity contribution >= 4 is 23.7 Å². The van der Waals surface area contributed by atoms with Crippen LogP contribution in [0.5, 0.6) is 0 Å². The van der Waals surface area contributed by atoms with E-state index in [1.807, 2.05) is 0 Å². The van der Waals surface area contributed by atoms with Crippen LogP contribution in [-0.4, -0.2) is 48.9 Å². The molecule has 0 aliphatic heterocycles. The lowest BCUT2D eigenvalue weighted by molar-refractivity contribution is -0.128. The van der Waals surface area contributed by atoms with E-state index in [4.69, 9.17) is 30.1 Å². The summed E-state index contributed by atoms with van der Waals surface area (Å²) in [7, 11) is 0. The number of nitrogens with zero attached hydrogens (tertiary/aromatic N) is 2. The third-order valence-corrected chi connectivity index (χ3v) is 2.87. The molecule has 0 saturated heterocycles. The van der Waals surface area contributed by atoms with Gasteiger partial charge in [-0.25, -0.2) is 0 Å². The Morgan fingerprint density at radius 3 is 1.91 bits per heavy atom. The van der Waals surface area contributed by atoms with E-state index in [9.17, 15) is 9.59 Å². The summed E-state index contributed by atoms with van der Waals surface area (Å²) in [5.41, 5.74) is 28.2. The molecule has 0 rings (SSSR count). The van der Waals surface area contributed by atoms with Gasteiger partial charge in [-0.15, -0.1) is 0 Å². The summed E-state index contributed by atoms with van der Waals surface area (Å²) in [4.78, 5) is 31.1. The van der Waals surface area contributed by atoms with Crippen molar-refractivity contribution in [3.05, 3.63) is 0 Å². The molecule has 0 aliphatic rings. The summed E-state index contributed by atoms with van der Waals surface area (Å²) >= 11 is 0. The molecule has 0 aromatic heterocycles. The van der Waals surface area contributed by atoms with Gasteiger partial charge in [0, 0.05) is 13.1 Å². The number of hydrogen-bond donors (Lipinski definition) is 7. The van der Waals surface area contributed by atoms with Crippen LogP contribution >= 0.6 is 0 Å². The number of aliphatic imine (C=N–C) groups is 2. The highest BCUT2D eigenvalue weighted by atomic mass is 16.2. The highest BCUT2D eigenvalue weighted by molar-refractivity contribution is 5.88. The molecule has 2 amide bonds. The van der Waals surface area contributed by atoms with Crippen molar-refractivity contribution in [3.63, 3.8) is 0 Å². The molecular weight excluding hydrogens is 302 g/mol. The molecule has 0 bridgehead atoms. The maximum Gasteiger partial charge on any atom is 0.240 e. The van der Waals surface area contributed by atoms with Crippen LogP contribution in [0.15, 0.2) is 9.98 Å². The number of rotatable bonds is 12. The smallest absolute Gasteiger partial charge is 0.240 e. The minimum absolute atomic E-state index is 0.0376. The number of carbonyl (C=O) groups excluding carboxylic acids is 2. The van der Waals surface area contributed by atoms with Crippen molar-refractivity contribution < 1.29 is 11.0 Å². The van der Waals surface area contributed by atoms with E-state index in [-0.39, 0.29) is 18.3 Å². The molecule has 132 valence electrons. The van der Waals surface area contributed by atoms with Crippen LogP contribution in [0.2, 0.25) is 1.41 Å². The largest absolute Gasteiger partial charge is 0.370 e. The van der Waals surface area contributed by atoms with Gasteiger partial charge in [0.05, 0.1) is 6.04 Å². The van der Waals surface area contributed by atoms with Crippen molar-refractivity contribution in [2.45, 2.75) is 37.8 Å². The monoisotopic (exact) mass is 330 g/mol. The fourth-order valence-corrected chi connectivity index (χ4v) is 1.70. The Balaban J connectivity index is 4.42. The molecule has 13 N–H and O–H groups in total. The average molecular weight is 330 g/mol. The Hall–Kier alpha value is -2.56. The maximum atomic E-state index is 12.1. The van der Waals surface area contributed by atoms with E-state index in [0.717, 1.165) is 0 Å². The SMILES string of the molecule is [2H]N[C@H](CCCN=C(N)N)C(=O)N[C@@H](CCCN=C(N)N)C(N)=O. The topological polar surface area (TPSA) is 227 Å². The van der Waals surface area contributed by atoms with Gasteiger partial charge in [0.1, 0.15) is 7.45 Å². The number of guanidine groups is 2. The van der Waals surface area contributed by atoms with Crippen LogP contribution in [0.1, 0.15) is 25.7 Å². The summed E-state index contributed by atoms with van der Waals surface area (Å²) in [6.07, 6.45) is 1.57. The molecule has 0 fully saturated rings. The Morgan fingerprint density at radius 1 is 0.957 bits per heavy atom. The van der Waals surface area contributed by atoms with Gasteiger partial charge in [-0.1, -0.05) is 0 Å². The zero-order chi connectivity index (χ0) is 18.5. The van der Waals surface area contributed by atoms with Crippen molar-refractivity contribution in [1.82, 2.24) is 5.32 Å². The molecule has 2 atom stereocenters. The lowest BCUT2D eigenvalue weighted by Crippen LogP contribution is -2.50. The first-order valence-corrected chi connectivity index (χ1v) is 7.15. The van der Waals surface area contributed by atoms with Crippen LogP contribution in [0.25, 0.3) is 0 Å². The third-order valence-electron chi connectivity index (χ3n) is 2.87. The Morgan fingerprint density at radius 2 is 1.48 bits per heavy atom. The molecule has 0 unspecified atom stereocenters. The van der Waals surface area contributed by atoms with Crippen LogP contribution in [0.3, 0.4) is 0 Å². The molecule has 0 heterocycles. The molecule has 0 spiro atoms. The summed E-state index contributed by atoms with van der Waals surface area (Å²) in [5, 5.41) is 2.51. The Labute approximate surface area is 136 Å². The Kier molecular flexibility index (Phi) is 8.90. The zero-order valence-corrected chi connectivity index (χ0v) is 13.0. The standard InChI is InChI=1S/C12H27N9O2/c13-7(3-1-5-19-11(15)16)10(23)21-8(9(14)22)4-2-6-20-12(17)18/h7-8H,1-6,13H2,(H2,14,22)(H,21,23)(H4,15,16,19)(H4,17,18,20)/t7-,8+/m1/s1/i/hD. The first kappa shape index (κ1) is 18.5. The first-order chi connectivity index (χ1) is 11.3. The molecule has 0 radical (unpaired) electrons. The van der Waals surface area contributed by atoms with Gasteiger partial charge >= 0.3 is 0 Å². The normalized spacial score (nSPS) is 13.3. The number of nitrogens with one attached hydrogen (secondary N) is 1. The maximum absolute atomic E-state index is 12.1. The Bertz CT molecular complexity index is 461. The van der Waals surface area contributed by atoms with Gasteiger partial charge < -0.3 is 39.7 Å². The van der Waals surface area contributed by atoms with E-state index in [2.05, 4.69) is 21.0 Å². The molecule has 11 nitrogen and oxygen atoms in total. The lowest BCUT2D eigenvalue weighted by Gasteiger charge is -2.18. The molecule has 11 heteroatoms. The molecule has 23 heavy (non-hydrogen) atoms. The second-order valence-corrected chi connectivity index (χ2v) is 4.91. The number of carbonyl (C=O) groups is 2. The van der Waals surface area contributed by atoms with E-state index < -0.39 is 23.9 Å². The molecule has 0 saturated carbocycles. The number of primary amides is 1. The summed E-state index contributed by atoms with van der Waals surface area (Å²) in [5.74, 6) is -1.25. The minimum Gasteiger partial charge on any atom is -0.370 e. The van der Waals surface area contributed by atoms with Crippen molar-refractivity contribution in [2.24, 2.45) is 44.4 Å². The van der Waals surface area contributed by atoms with Gasteiger partial charge in [-0.2, -0.15) is 0 Å². The van der Waals surface area contributed by atoms with E-state index >= 15 is 0 Å². The molecule has 0 aromatic rings. The van der Waals surface area contributed by atoms with Crippen molar-refractivity contribution in [2.75, 3.05) is 13.1 Å². The minimum atomic E-state index is -0.861. The quantitative estimate of drug-likeness (QED) is 0.108. The summed E-state index contributed by atoms with van der Waals surface area (Å²) < 4.78 is 7.22. The van der Waals surface area contributed by atoms with Gasteiger partial charge in [0.15, 0.2) is 11.9 Å². The number of hydrogen-bond acceptors (Lipinski definition) is 5. The van der Waals surface area contributed by atoms with Crippen LogP contribution in [0.4, 0.5) is 0 Å².